The van der Waals surface area contributed by atoms with Crippen molar-refractivity contribution >= 4 is 27.5 Å². The number of ether oxygens (including phenoxy) is 2. The standard InChI is InChI=1S/C25H26BrNO3/c1-4-18-10-12-21(13-11-18)27-25(28)20-14-22(26)24(23(15-20)29-5-2)30-16-19-8-6-17(3)7-9-19/h6-15H,4-5,16H2,1-3H3,(H,27,28). The van der Waals surface area contributed by atoms with Crippen molar-refractivity contribution in [3.63, 3.8) is 0 Å². The van der Waals surface area contributed by atoms with Gasteiger partial charge in [-0.3, -0.25) is 4.79 Å². The minimum absolute atomic E-state index is 0.203. The van der Waals surface area contributed by atoms with Crippen molar-refractivity contribution in [3.05, 3.63) is 87.4 Å². The topological polar surface area (TPSA) is 47.6 Å². The van der Waals surface area contributed by atoms with Gasteiger partial charge in [-0.05, 0) is 71.6 Å². The summed E-state index contributed by atoms with van der Waals surface area (Å²) in [5, 5.41) is 2.93. The Labute approximate surface area is 186 Å². The zero-order valence-corrected chi connectivity index (χ0v) is 19.1. The Balaban J connectivity index is 1.78. The van der Waals surface area contributed by atoms with Crippen LogP contribution in [0.4, 0.5) is 5.69 Å². The van der Waals surface area contributed by atoms with E-state index in [0.29, 0.717) is 34.7 Å². The molecule has 5 heteroatoms. The van der Waals surface area contributed by atoms with E-state index < -0.39 is 0 Å². The van der Waals surface area contributed by atoms with Gasteiger partial charge >= 0.3 is 0 Å². The number of hydrogen-bond donors (Lipinski definition) is 1. The summed E-state index contributed by atoms with van der Waals surface area (Å²) in [5.41, 5.74) is 4.74. The highest BCUT2D eigenvalue weighted by Crippen LogP contribution is 2.37. The number of hydrogen-bond acceptors (Lipinski definition) is 3. The first kappa shape index (κ1) is 21.9. The van der Waals surface area contributed by atoms with E-state index >= 15 is 0 Å². The van der Waals surface area contributed by atoms with Crippen molar-refractivity contribution in [2.75, 3.05) is 11.9 Å². The predicted molar refractivity (Wildman–Crippen MR) is 125 cm³/mol. The number of carbonyl (C=O) groups is 1. The molecule has 0 bridgehead atoms. The molecule has 0 aliphatic rings. The number of nitrogens with one attached hydrogen (secondary N) is 1. The third-order valence-electron chi connectivity index (χ3n) is 4.70. The summed E-state index contributed by atoms with van der Waals surface area (Å²) in [7, 11) is 0. The number of aryl methyl sites for hydroxylation is 2. The van der Waals surface area contributed by atoms with Gasteiger partial charge in [0.05, 0.1) is 11.1 Å². The molecule has 3 aromatic carbocycles. The van der Waals surface area contributed by atoms with Crippen LogP contribution in [-0.2, 0) is 13.0 Å². The summed E-state index contributed by atoms with van der Waals surface area (Å²) < 4.78 is 12.5. The lowest BCUT2D eigenvalue weighted by Crippen LogP contribution is -2.13. The normalized spacial score (nSPS) is 10.5. The summed E-state index contributed by atoms with van der Waals surface area (Å²) in [6.45, 7) is 6.93. The van der Waals surface area contributed by atoms with E-state index in [1.165, 1.54) is 11.1 Å². The Hall–Kier alpha value is -2.79. The second kappa shape index (κ2) is 10.3. The summed E-state index contributed by atoms with van der Waals surface area (Å²) >= 11 is 3.54. The average molecular weight is 468 g/mol. The SMILES string of the molecule is CCOc1cc(C(=O)Nc2ccc(CC)cc2)cc(Br)c1OCc1ccc(C)cc1. The predicted octanol–water partition coefficient (Wildman–Crippen LogP) is 6.55. The van der Waals surface area contributed by atoms with E-state index in [0.717, 1.165) is 17.7 Å². The Morgan fingerprint density at radius 3 is 2.23 bits per heavy atom. The minimum Gasteiger partial charge on any atom is -0.490 e. The smallest absolute Gasteiger partial charge is 0.255 e. The quantitative estimate of drug-likeness (QED) is 0.408. The first-order chi connectivity index (χ1) is 14.5. The molecule has 0 heterocycles. The molecule has 0 atom stereocenters. The summed E-state index contributed by atoms with van der Waals surface area (Å²) in [4.78, 5) is 12.8. The second-order valence-corrected chi connectivity index (χ2v) is 7.85. The van der Waals surface area contributed by atoms with Gasteiger partial charge in [0.1, 0.15) is 6.61 Å². The first-order valence-electron chi connectivity index (χ1n) is 10.0. The van der Waals surface area contributed by atoms with Crippen LogP contribution in [0.5, 0.6) is 11.5 Å². The lowest BCUT2D eigenvalue weighted by molar-refractivity contribution is 0.102. The fraction of sp³-hybridized carbons (Fsp3) is 0.240. The second-order valence-electron chi connectivity index (χ2n) is 7.00. The maximum Gasteiger partial charge on any atom is 0.255 e. The van der Waals surface area contributed by atoms with E-state index in [-0.39, 0.29) is 5.91 Å². The number of benzene rings is 3. The number of amides is 1. The molecule has 0 radical (unpaired) electrons. The maximum atomic E-state index is 12.8. The fourth-order valence-corrected chi connectivity index (χ4v) is 3.53. The van der Waals surface area contributed by atoms with Gasteiger partial charge < -0.3 is 14.8 Å². The molecule has 0 saturated carbocycles. The monoisotopic (exact) mass is 467 g/mol. The van der Waals surface area contributed by atoms with E-state index in [1.54, 1.807) is 12.1 Å². The zero-order valence-electron chi connectivity index (χ0n) is 17.5. The molecule has 30 heavy (non-hydrogen) atoms. The molecule has 1 N–H and O–H groups in total. The van der Waals surface area contributed by atoms with Gasteiger partial charge in [0.2, 0.25) is 0 Å². The van der Waals surface area contributed by atoms with Crippen LogP contribution in [0.1, 0.15) is 40.9 Å². The molecule has 0 spiro atoms. The highest BCUT2D eigenvalue weighted by Gasteiger charge is 2.16. The number of halogens is 1. The third-order valence-corrected chi connectivity index (χ3v) is 5.28. The fourth-order valence-electron chi connectivity index (χ4n) is 2.97. The van der Waals surface area contributed by atoms with Crippen molar-refractivity contribution in [2.24, 2.45) is 0 Å². The highest BCUT2D eigenvalue weighted by molar-refractivity contribution is 9.10. The van der Waals surface area contributed by atoms with Crippen LogP contribution in [-0.4, -0.2) is 12.5 Å². The van der Waals surface area contributed by atoms with Gasteiger partial charge in [-0.15, -0.1) is 0 Å². The summed E-state index contributed by atoms with van der Waals surface area (Å²) in [5.74, 6) is 0.915. The Bertz CT molecular complexity index is 998. The lowest BCUT2D eigenvalue weighted by Gasteiger charge is -2.16. The van der Waals surface area contributed by atoms with Crippen LogP contribution in [0.3, 0.4) is 0 Å². The molecule has 3 rings (SSSR count). The van der Waals surface area contributed by atoms with E-state index in [2.05, 4.69) is 47.2 Å². The van der Waals surface area contributed by atoms with Crippen LogP contribution in [0.15, 0.2) is 65.1 Å². The van der Waals surface area contributed by atoms with Crippen LogP contribution in [0.25, 0.3) is 0 Å². The summed E-state index contributed by atoms with van der Waals surface area (Å²) in [6, 6.07) is 19.5. The molecule has 0 fully saturated rings. The van der Waals surface area contributed by atoms with Gasteiger partial charge in [-0.1, -0.05) is 48.9 Å². The van der Waals surface area contributed by atoms with Gasteiger partial charge in [-0.25, -0.2) is 0 Å². The molecule has 156 valence electrons. The molecule has 0 aliphatic heterocycles. The molecule has 0 unspecified atom stereocenters. The van der Waals surface area contributed by atoms with E-state index in [9.17, 15) is 4.79 Å². The summed E-state index contributed by atoms with van der Waals surface area (Å²) in [6.07, 6.45) is 0.961. The zero-order chi connectivity index (χ0) is 21.5. The van der Waals surface area contributed by atoms with Crippen LogP contribution in [0.2, 0.25) is 0 Å². The Morgan fingerprint density at radius 1 is 0.933 bits per heavy atom. The van der Waals surface area contributed by atoms with Gasteiger partial charge in [-0.2, -0.15) is 0 Å². The largest absolute Gasteiger partial charge is 0.490 e. The van der Waals surface area contributed by atoms with Crippen molar-refractivity contribution in [1.82, 2.24) is 0 Å². The number of rotatable bonds is 8. The molecule has 0 aliphatic carbocycles. The molecule has 1 amide bonds. The van der Waals surface area contributed by atoms with Crippen LogP contribution in [0, 0.1) is 6.92 Å². The highest BCUT2D eigenvalue weighted by atomic mass is 79.9. The van der Waals surface area contributed by atoms with Gasteiger partial charge in [0, 0.05) is 11.3 Å². The van der Waals surface area contributed by atoms with Crippen molar-refractivity contribution < 1.29 is 14.3 Å². The van der Waals surface area contributed by atoms with Gasteiger partial charge in [0.25, 0.3) is 5.91 Å². The maximum absolute atomic E-state index is 12.8. The van der Waals surface area contributed by atoms with Crippen LogP contribution < -0.4 is 14.8 Å². The molecule has 0 aromatic heterocycles. The number of carbonyl (C=O) groups excluding carboxylic acids is 1. The molecule has 0 saturated heterocycles. The average Bonchev–Trinajstić information content (AvgIpc) is 2.75. The molecular formula is C25H26BrNO3. The first-order valence-corrected chi connectivity index (χ1v) is 10.8. The van der Waals surface area contributed by atoms with E-state index in [1.807, 2.05) is 43.3 Å². The Morgan fingerprint density at radius 2 is 1.60 bits per heavy atom. The van der Waals surface area contributed by atoms with Gasteiger partial charge in [0.15, 0.2) is 11.5 Å². The molecule has 4 nitrogen and oxygen atoms in total. The van der Waals surface area contributed by atoms with E-state index in [4.69, 9.17) is 9.47 Å². The molecular weight excluding hydrogens is 442 g/mol. The lowest BCUT2D eigenvalue weighted by atomic mass is 10.1. The number of anilines is 1. The third kappa shape index (κ3) is 5.63. The van der Waals surface area contributed by atoms with Crippen molar-refractivity contribution in [3.8, 4) is 11.5 Å². The van der Waals surface area contributed by atoms with Crippen molar-refractivity contribution in [1.29, 1.82) is 0 Å². The minimum atomic E-state index is -0.203. The Kier molecular flexibility index (Phi) is 7.52. The van der Waals surface area contributed by atoms with Crippen molar-refractivity contribution in [2.45, 2.75) is 33.8 Å². The van der Waals surface area contributed by atoms with Crippen LogP contribution >= 0.6 is 15.9 Å². The molecule has 3 aromatic rings.